The van der Waals surface area contributed by atoms with Gasteiger partial charge in [-0.05, 0) is 19.4 Å². The Kier molecular flexibility index (Phi) is 4.51. The Labute approximate surface area is 140 Å². The Bertz CT molecular complexity index is 668. The van der Waals surface area contributed by atoms with Crippen LogP contribution in [0.5, 0.6) is 5.88 Å². The number of Topliss-reactive ketones (excluding diaryl/α,β-unsaturated/α-hetero) is 1. The van der Waals surface area contributed by atoms with Gasteiger partial charge >= 0.3 is 0 Å². The van der Waals surface area contributed by atoms with Crippen molar-refractivity contribution in [2.45, 2.75) is 45.6 Å². The van der Waals surface area contributed by atoms with E-state index < -0.39 is 12.0 Å². The highest BCUT2D eigenvalue weighted by Crippen LogP contribution is 2.29. The first-order chi connectivity index (χ1) is 11.4. The quantitative estimate of drug-likeness (QED) is 0.833. The average molecular weight is 331 g/mol. The second-order valence-corrected chi connectivity index (χ2v) is 6.29. The Morgan fingerprint density at radius 3 is 2.50 bits per heavy atom. The van der Waals surface area contributed by atoms with Gasteiger partial charge < -0.3 is 9.64 Å². The Morgan fingerprint density at radius 2 is 1.88 bits per heavy atom. The van der Waals surface area contributed by atoms with E-state index in [1.54, 1.807) is 0 Å². The van der Waals surface area contributed by atoms with Gasteiger partial charge in [0.2, 0.25) is 11.8 Å². The van der Waals surface area contributed by atoms with Crippen LogP contribution >= 0.6 is 0 Å². The van der Waals surface area contributed by atoms with E-state index in [1.165, 1.54) is 0 Å². The number of nitrogens with zero attached hydrogens (tertiary/aromatic N) is 2. The summed E-state index contributed by atoms with van der Waals surface area (Å²) in [5.74, 6) is 0.000742. The minimum atomic E-state index is -0.688. The first-order valence-corrected chi connectivity index (χ1v) is 8.19. The molecule has 128 valence electrons. The van der Waals surface area contributed by atoms with Gasteiger partial charge in [0.1, 0.15) is 5.78 Å². The zero-order valence-electron chi connectivity index (χ0n) is 13.9. The molecule has 7 heteroatoms. The van der Waals surface area contributed by atoms with Gasteiger partial charge in [0.15, 0.2) is 6.10 Å². The zero-order valence-corrected chi connectivity index (χ0v) is 13.9. The lowest BCUT2D eigenvalue weighted by Gasteiger charge is -2.31. The van der Waals surface area contributed by atoms with Gasteiger partial charge in [-0.1, -0.05) is 0 Å². The van der Waals surface area contributed by atoms with Crippen molar-refractivity contribution in [2.75, 3.05) is 18.0 Å². The van der Waals surface area contributed by atoms with Crippen molar-refractivity contribution < 1.29 is 19.1 Å². The second-order valence-electron chi connectivity index (χ2n) is 6.29. The van der Waals surface area contributed by atoms with Crippen LogP contribution in [0, 0.1) is 13.8 Å². The number of nitrogens with one attached hydrogen (secondary N) is 1. The van der Waals surface area contributed by atoms with Gasteiger partial charge in [-0.3, -0.25) is 19.7 Å². The molecule has 0 saturated carbocycles. The summed E-state index contributed by atoms with van der Waals surface area (Å²) in [5, 5.41) is 2.28. The molecule has 7 nitrogen and oxygen atoms in total. The predicted octanol–water partition coefficient (Wildman–Crippen LogP) is 1.05. The maximum atomic E-state index is 11.8. The average Bonchev–Trinajstić information content (AvgIpc) is 2.51. The molecule has 1 N–H and O–H groups in total. The fraction of sp³-hybridized carbons (Fsp3) is 0.529. The number of anilines is 1. The molecule has 0 radical (unpaired) electrons. The fourth-order valence-corrected chi connectivity index (χ4v) is 3.24. The highest BCUT2D eigenvalue weighted by Gasteiger charge is 2.29. The summed E-state index contributed by atoms with van der Waals surface area (Å²) in [6, 6.07) is 1.81. The van der Waals surface area contributed by atoms with Gasteiger partial charge in [-0.15, -0.1) is 0 Å². The summed E-state index contributed by atoms with van der Waals surface area (Å²) in [7, 11) is 0. The van der Waals surface area contributed by atoms with E-state index in [0.717, 1.165) is 16.9 Å². The molecule has 3 rings (SSSR count). The van der Waals surface area contributed by atoms with E-state index in [4.69, 9.17) is 4.74 Å². The highest BCUT2D eigenvalue weighted by atomic mass is 16.5. The third-order valence-electron chi connectivity index (χ3n) is 4.42. The van der Waals surface area contributed by atoms with Crippen LogP contribution in [0.1, 0.15) is 36.9 Å². The first-order valence-electron chi connectivity index (χ1n) is 8.19. The van der Waals surface area contributed by atoms with Gasteiger partial charge in [0.25, 0.3) is 5.91 Å². The minimum Gasteiger partial charge on any atom is -0.464 e. The van der Waals surface area contributed by atoms with E-state index in [9.17, 15) is 14.4 Å². The third kappa shape index (κ3) is 3.39. The summed E-state index contributed by atoms with van der Waals surface area (Å²) >= 11 is 0. The lowest BCUT2D eigenvalue weighted by Crippen LogP contribution is -2.46. The standard InChI is InChI=1S/C17H21N3O4/c1-10-9-15(24-13-3-4-14(22)19-17(13)23)18-11(2)16(10)20-7-5-12(21)6-8-20/h9,13H,3-8H2,1-2H3,(H,19,22,23). The van der Waals surface area contributed by atoms with Crippen molar-refractivity contribution in [3.05, 3.63) is 17.3 Å². The lowest BCUT2D eigenvalue weighted by molar-refractivity contribution is -0.139. The van der Waals surface area contributed by atoms with E-state index in [-0.39, 0.29) is 12.3 Å². The fourth-order valence-electron chi connectivity index (χ4n) is 3.24. The number of rotatable bonds is 3. The van der Waals surface area contributed by atoms with Gasteiger partial charge in [-0.25, -0.2) is 4.98 Å². The summed E-state index contributed by atoms with van der Waals surface area (Å²) < 4.78 is 5.69. The number of ether oxygens (including phenoxy) is 1. The van der Waals surface area contributed by atoms with Crippen LogP contribution in [0.25, 0.3) is 0 Å². The van der Waals surface area contributed by atoms with Crippen molar-refractivity contribution in [3.63, 3.8) is 0 Å². The molecule has 2 saturated heterocycles. The molecule has 1 unspecified atom stereocenters. The van der Waals surface area contributed by atoms with Crippen LogP contribution < -0.4 is 15.0 Å². The smallest absolute Gasteiger partial charge is 0.267 e. The van der Waals surface area contributed by atoms with Crippen LogP contribution in [0.4, 0.5) is 5.69 Å². The number of carbonyl (C=O) groups excluding carboxylic acids is 3. The summed E-state index contributed by atoms with van der Waals surface area (Å²) in [4.78, 5) is 41.0. The Hall–Kier alpha value is -2.44. The van der Waals surface area contributed by atoms with E-state index >= 15 is 0 Å². The molecule has 2 amide bonds. The molecule has 0 spiro atoms. The lowest BCUT2D eigenvalue weighted by atomic mass is 10.1. The Balaban J connectivity index is 1.76. The third-order valence-corrected chi connectivity index (χ3v) is 4.42. The largest absolute Gasteiger partial charge is 0.464 e. The minimum absolute atomic E-state index is 0.268. The number of piperidine rings is 2. The van der Waals surface area contributed by atoms with Gasteiger partial charge in [0.05, 0.1) is 11.4 Å². The molecule has 3 heterocycles. The molecular weight excluding hydrogens is 310 g/mol. The monoisotopic (exact) mass is 331 g/mol. The summed E-state index contributed by atoms with van der Waals surface area (Å²) in [6.45, 7) is 5.28. The number of ketones is 1. The number of aryl methyl sites for hydroxylation is 2. The van der Waals surface area contributed by atoms with Gasteiger partial charge in [0, 0.05) is 44.8 Å². The van der Waals surface area contributed by atoms with E-state index in [2.05, 4.69) is 15.2 Å². The maximum Gasteiger partial charge on any atom is 0.267 e. The number of pyridine rings is 1. The number of hydrogen-bond acceptors (Lipinski definition) is 6. The molecule has 0 aliphatic carbocycles. The molecular formula is C17H21N3O4. The van der Waals surface area contributed by atoms with Crippen LogP contribution in [-0.4, -0.2) is 41.8 Å². The second kappa shape index (κ2) is 6.59. The molecule has 1 atom stereocenters. The van der Waals surface area contributed by atoms with Crippen LogP contribution in [0.3, 0.4) is 0 Å². The van der Waals surface area contributed by atoms with Crippen molar-refractivity contribution in [3.8, 4) is 5.88 Å². The SMILES string of the molecule is Cc1cc(OC2CCC(=O)NC2=O)nc(C)c1N1CCC(=O)CC1. The number of amides is 2. The van der Waals surface area contributed by atoms with Crippen LogP contribution in [0.2, 0.25) is 0 Å². The number of hydrogen-bond donors (Lipinski definition) is 1. The summed E-state index contributed by atoms with van der Waals surface area (Å²) in [5.41, 5.74) is 2.84. The molecule has 0 aromatic carbocycles. The predicted molar refractivity (Wildman–Crippen MR) is 87.0 cm³/mol. The number of aromatic nitrogens is 1. The van der Waals surface area contributed by atoms with E-state index in [1.807, 2.05) is 19.9 Å². The first kappa shape index (κ1) is 16.4. The molecule has 2 aliphatic rings. The molecule has 2 aliphatic heterocycles. The number of carbonyl (C=O) groups is 3. The molecule has 2 fully saturated rings. The topological polar surface area (TPSA) is 88.6 Å². The molecule has 1 aromatic rings. The summed E-state index contributed by atoms with van der Waals surface area (Å²) in [6.07, 6.45) is 1.07. The van der Waals surface area contributed by atoms with E-state index in [0.29, 0.717) is 44.0 Å². The van der Waals surface area contributed by atoms with Crippen molar-refractivity contribution in [2.24, 2.45) is 0 Å². The zero-order chi connectivity index (χ0) is 17.3. The van der Waals surface area contributed by atoms with Crippen molar-refractivity contribution in [1.82, 2.24) is 10.3 Å². The van der Waals surface area contributed by atoms with Crippen LogP contribution in [-0.2, 0) is 14.4 Å². The Morgan fingerprint density at radius 1 is 1.17 bits per heavy atom. The molecule has 24 heavy (non-hydrogen) atoms. The number of imide groups is 1. The molecule has 0 bridgehead atoms. The molecule has 1 aromatic heterocycles. The van der Waals surface area contributed by atoms with Crippen molar-refractivity contribution >= 4 is 23.3 Å². The maximum absolute atomic E-state index is 11.8. The van der Waals surface area contributed by atoms with Gasteiger partial charge in [-0.2, -0.15) is 0 Å². The van der Waals surface area contributed by atoms with Crippen LogP contribution in [0.15, 0.2) is 6.07 Å². The normalized spacial score (nSPS) is 21.7. The van der Waals surface area contributed by atoms with Crippen molar-refractivity contribution in [1.29, 1.82) is 0 Å². The highest BCUT2D eigenvalue weighted by molar-refractivity contribution is 5.99.